The van der Waals surface area contributed by atoms with Crippen LogP contribution in [0.1, 0.15) is 30.1 Å². The first kappa shape index (κ1) is 14.7. The largest absolute Gasteiger partial charge is 0.398 e. The van der Waals surface area contributed by atoms with E-state index < -0.39 is 5.91 Å². The van der Waals surface area contributed by atoms with Gasteiger partial charge in [-0.25, -0.2) is 0 Å². The van der Waals surface area contributed by atoms with Crippen molar-refractivity contribution in [2.75, 3.05) is 30.9 Å². The Kier molecular flexibility index (Phi) is 4.49. The number of rotatable bonds is 7. The fraction of sp³-hybridized carbons (Fsp3) is 0.533. The van der Waals surface area contributed by atoms with Crippen molar-refractivity contribution >= 4 is 17.3 Å². The molecule has 1 aromatic carbocycles. The third-order valence-electron chi connectivity index (χ3n) is 3.97. The van der Waals surface area contributed by atoms with Crippen LogP contribution in [0.3, 0.4) is 0 Å². The second-order valence-electron chi connectivity index (χ2n) is 5.40. The monoisotopic (exact) mass is 277 g/mol. The van der Waals surface area contributed by atoms with Gasteiger partial charge in [0.15, 0.2) is 0 Å². The smallest absolute Gasteiger partial charge is 0.250 e. The number of amides is 1. The van der Waals surface area contributed by atoms with Crippen molar-refractivity contribution in [2.45, 2.75) is 25.8 Å². The Hall–Kier alpha value is -1.75. The average molecular weight is 277 g/mol. The van der Waals surface area contributed by atoms with Crippen LogP contribution in [0.4, 0.5) is 11.4 Å². The van der Waals surface area contributed by atoms with Crippen molar-refractivity contribution in [2.24, 2.45) is 11.7 Å². The van der Waals surface area contributed by atoms with Crippen LogP contribution < -0.4 is 16.4 Å². The van der Waals surface area contributed by atoms with Gasteiger partial charge in [-0.3, -0.25) is 4.79 Å². The standard InChI is InChI=1S/C15H23N3O2/c1-10(11-3-4-11)18(7-8-20-2)12-5-6-14(16)13(9-12)15(17)19/h5-6,9-11H,3-4,7-8,16H2,1-2H3,(H2,17,19). The molecule has 2 rings (SSSR count). The zero-order valence-corrected chi connectivity index (χ0v) is 12.1. The van der Waals surface area contributed by atoms with E-state index in [1.54, 1.807) is 19.2 Å². The number of hydrogen-bond acceptors (Lipinski definition) is 4. The maximum Gasteiger partial charge on any atom is 0.250 e. The molecule has 110 valence electrons. The van der Waals surface area contributed by atoms with Crippen molar-refractivity contribution in [3.63, 3.8) is 0 Å². The van der Waals surface area contributed by atoms with Crippen LogP contribution in [0, 0.1) is 5.92 Å². The number of methoxy groups -OCH3 is 1. The van der Waals surface area contributed by atoms with Gasteiger partial charge in [-0.2, -0.15) is 0 Å². The van der Waals surface area contributed by atoms with E-state index in [1.807, 2.05) is 6.07 Å². The number of nitrogen functional groups attached to an aromatic ring is 1. The van der Waals surface area contributed by atoms with E-state index in [0.29, 0.717) is 23.9 Å². The van der Waals surface area contributed by atoms with E-state index in [0.717, 1.165) is 18.2 Å². The quantitative estimate of drug-likeness (QED) is 0.742. The summed E-state index contributed by atoms with van der Waals surface area (Å²) in [6, 6.07) is 5.90. The SMILES string of the molecule is COCCN(c1ccc(N)c(C(N)=O)c1)C(C)C1CC1. The van der Waals surface area contributed by atoms with Gasteiger partial charge in [-0.15, -0.1) is 0 Å². The Morgan fingerprint density at radius 1 is 1.50 bits per heavy atom. The molecule has 0 aromatic heterocycles. The molecule has 0 radical (unpaired) electrons. The predicted molar refractivity (Wildman–Crippen MR) is 80.8 cm³/mol. The van der Waals surface area contributed by atoms with Gasteiger partial charge >= 0.3 is 0 Å². The van der Waals surface area contributed by atoms with Gasteiger partial charge in [0.25, 0.3) is 5.91 Å². The maximum atomic E-state index is 11.4. The van der Waals surface area contributed by atoms with Crippen LogP contribution in [0.5, 0.6) is 0 Å². The van der Waals surface area contributed by atoms with E-state index in [2.05, 4.69) is 11.8 Å². The number of carbonyl (C=O) groups excluding carboxylic acids is 1. The van der Waals surface area contributed by atoms with E-state index >= 15 is 0 Å². The summed E-state index contributed by atoms with van der Waals surface area (Å²) in [5.74, 6) is 0.233. The molecule has 20 heavy (non-hydrogen) atoms. The van der Waals surface area contributed by atoms with Crippen LogP contribution in [0.15, 0.2) is 18.2 Å². The molecular weight excluding hydrogens is 254 g/mol. The zero-order chi connectivity index (χ0) is 14.7. The highest BCUT2D eigenvalue weighted by Gasteiger charge is 2.32. The number of ether oxygens (including phenoxy) is 1. The molecule has 0 aliphatic heterocycles. The number of primary amides is 1. The Bertz CT molecular complexity index is 486. The molecule has 1 saturated carbocycles. The van der Waals surface area contributed by atoms with E-state index in [4.69, 9.17) is 16.2 Å². The van der Waals surface area contributed by atoms with Crippen LogP contribution in [-0.4, -0.2) is 32.2 Å². The lowest BCUT2D eigenvalue weighted by molar-refractivity contribution is 0.100. The minimum absolute atomic E-state index is 0.382. The average Bonchev–Trinajstić information content (AvgIpc) is 3.24. The molecule has 5 heteroatoms. The summed E-state index contributed by atoms with van der Waals surface area (Å²) in [6.45, 7) is 3.65. The normalized spacial score (nSPS) is 15.9. The molecule has 0 spiro atoms. The van der Waals surface area contributed by atoms with E-state index in [1.165, 1.54) is 12.8 Å². The Morgan fingerprint density at radius 3 is 2.75 bits per heavy atom. The van der Waals surface area contributed by atoms with Gasteiger partial charge in [-0.05, 0) is 43.9 Å². The Morgan fingerprint density at radius 2 is 2.20 bits per heavy atom. The molecule has 1 aromatic rings. The predicted octanol–water partition coefficient (Wildman–Crippen LogP) is 1.62. The maximum absolute atomic E-state index is 11.4. The van der Waals surface area contributed by atoms with Crippen molar-refractivity contribution in [1.82, 2.24) is 0 Å². The molecule has 4 N–H and O–H groups in total. The number of benzene rings is 1. The summed E-state index contributed by atoms with van der Waals surface area (Å²) >= 11 is 0. The molecule has 0 saturated heterocycles. The highest BCUT2D eigenvalue weighted by Crippen LogP contribution is 2.37. The first-order valence-corrected chi connectivity index (χ1v) is 6.99. The molecule has 0 bridgehead atoms. The fourth-order valence-corrected chi connectivity index (χ4v) is 2.53. The molecule has 0 heterocycles. The topological polar surface area (TPSA) is 81.6 Å². The van der Waals surface area contributed by atoms with Crippen LogP contribution in [0.2, 0.25) is 0 Å². The van der Waals surface area contributed by atoms with Gasteiger partial charge < -0.3 is 21.1 Å². The van der Waals surface area contributed by atoms with Gasteiger partial charge in [0.2, 0.25) is 0 Å². The van der Waals surface area contributed by atoms with Gasteiger partial charge in [-0.1, -0.05) is 0 Å². The molecular formula is C15H23N3O2. The second kappa shape index (κ2) is 6.13. The van der Waals surface area contributed by atoms with Gasteiger partial charge in [0, 0.05) is 31.1 Å². The first-order valence-electron chi connectivity index (χ1n) is 6.99. The molecule has 1 aliphatic carbocycles. The summed E-state index contributed by atoms with van der Waals surface area (Å²) in [5, 5.41) is 0. The lowest BCUT2D eigenvalue weighted by Gasteiger charge is -2.32. The molecule has 1 amide bonds. The Labute approximate surface area is 119 Å². The highest BCUT2D eigenvalue weighted by molar-refractivity contribution is 5.99. The summed E-state index contributed by atoms with van der Waals surface area (Å²) in [5.41, 5.74) is 12.9. The van der Waals surface area contributed by atoms with Crippen molar-refractivity contribution in [3.8, 4) is 0 Å². The van der Waals surface area contributed by atoms with Crippen molar-refractivity contribution in [1.29, 1.82) is 0 Å². The number of anilines is 2. The van der Waals surface area contributed by atoms with Crippen LogP contribution >= 0.6 is 0 Å². The summed E-state index contributed by atoms with van der Waals surface area (Å²) in [7, 11) is 1.69. The summed E-state index contributed by atoms with van der Waals surface area (Å²) < 4.78 is 5.19. The summed E-state index contributed by atoms with van der Waals surface area (Å²) in [6.07, 6.45) is 2.53. The first-order chi connectivity index (χ1) is 9.54. The minimum Gasteiger partial charge on any atom is -0.398 e. The third-order valence-corrected chi connectivity index (χ3v) is 3.97. The van der Waals surface area contributed by atoms with Crippen LogP contribution in [-0.2, 0) is 4.74 Å². The molecule has 1 fully saturated rings. The van der Waals surface area contributed by atoms with Gasteiger partial charge in [0.05, 0.1) is 12.2 Å². The molecule has 1 unspecified atom stereocenters. The van der Waals surface area contributed by atoms with E-state index in [-0.39, 0.29) is 0 Å². The van der Waals surface area contributed by atoms with E-state index in [9.17, 15) is 4.79 Å². The molecule has 5 nitrogen and oxygen atoms in total. The number of nitrogens with zero attached hydrogens (tertiary/aromatic N) is 1. The number of carbonyl (C=O) groups is 1. The minimum atomic E-state index is -0.491. The Balaban J connectivity index is 2.27. The van der Waals surface area contributed by atoms with Crippen molar-refractivity contribution < 1.29 is 9.53 Å². The lowest BCUT2D eigenvalue weighted by atomic mass is 10.1. The fourth-order valence-electron chi connectivity index (χ4n) is 2.53. The third kappa shape index (κ3) is 3.22. The zero-order valence-electron chi connectivity index (χ0n) is 12.1. The number of nitrogens with two attached hydrogens (primary N) is 2. The number of hydrogen-bond donors (Lipinski definition) is 2. The lowest BCUT2D eigenvalue weighted by Crippen LogP contribution is -2.37. The second-order valence-corrected chi connectivity index (χ2v) is 5.40. The highest BCUT2D eigenvalue weighted by atomic mass is 16.5. The molecule has 1 atom stereocenters. The van der Waals surface area contributed by atoms with Gasteiger partial charge in [0.1, 0.15) is 0 Å². The van der Waals surface area contributed by atoms with Crippen LogP contribution in [0.25, 0.3) is 0 Å². The van der Waals surface area contributed by atoms with Crippen molar-refractivity contribution in [3.05, 3.63) is 23.8 Å². The molecule has 1 aliphatic rings. The summed E-state index contributed by atoms with van der Waals surface area (Å²) in [4.78, 5) is 13.7.